The molecule has 1 unspecified atom stereocenters. The lowest BCUT2D eigenvalue weighted by Gasteiger charge is -2.34. The van der Waals surface area contributed by atoms with Crippen LogP contribution in [0.25, 0.3) is 0 Å². The fraction of sp³-hybridized carbons (Fsp3) is 0.533. The Labute approximate surface area is 129 Å². The number of urea groups is 1. The van der Waals surface area contributed by atoms with Gasteiger partial charge < -0.3 is 20.1 Å². The highest BCUT2D eigenvalue weighted by Crippen LogP contribution is 2.27. The van der Waals surface area contributed by atoms with Crippen LogP contribution in [-0.2, 0) is 4.74 Å². The van der Waals surface area contributed by atoms with Gasteiger partial charge in [-0.05, 0) is 24.3 Å². The molecule has 1 saturated heterocycles. The van der Waals surface area contributed by atoms with Crippen molar-refractivity contribution in [1.29, 1.82) is 0 Å². The van der Waals surface area contributed by atoms with Gasteiger partial charge in [0, 0.05) is 11.4 Å². The third kappa shape index (κ3) is 4.36. The Morgan fingerprint density at radius 1 is 1.52 bits per heavy atom. The van der Waals surface area contributed by atoms with Crippen LogP contribution in [0.5, 0.6) is 0 Å². The predicted molar refractivity (Wildman–Crippen MR) is 84.9 cm³/mol. The zero-order valence-corrected chi connectivity index (χ0v) is 13.1. The zero-order valence-electron chi connectivity index (χ0n) is 12.2. The quantitative estimate of drug-likeness (QED) is 0.820. The Morgan fingerprint density at radius 3 is 3.10 bits per heavy atom. The van der Waals surface area contributed by atoms with E-state index in [0.717, 1.165) is 22.8 Å². The van der Waals surface area contributed by atoms with E-state index >= 15 is 0 Å². The first-order valence-electron chi connectivity index (χ1n) is 7.24. The third-order valence-corrected chi connectivity index (χ3v) is 4.57. The molecule has 5 nitrogen and oxygen atoms in total. The maximum absolute atomic E-state index is 12.4. The lowest BCUT2D eigenvalue weighted by atomic mass is 10.2. The second kappa shape index (κ2) is 8.26. The van der Waals surface area contributed by atoms with Crippen LogP contribution in [0.2, 0.25) is 0 Å². The van der Waals surface area contributed by atoms with Gasteiger partial charge in [0.25, 0.3) is 0 Å². The fourth-order valence-electron chi connectivity index (χ4n) is 2.17. The van der Waals surface area contributed by atoms with Crippen molar-refractivity contribution >= 4 is 23.5 Å². The summed E-state index contributed by atoms with van der Waals surface area (Å²) in [6.45, 7) is 3.45. The molecular weight excluding hydrogens is 288 g/mol. The standard InChI is InChI=1S/C15H22N2O3S/c1-2-9-21-14-6-4-3-5-13(14)16-15(19)17-7-8-20-11-12(17)10-18/h3-6,12,18H,2,7-11H2,1H3,(H,16,19). The number of thioether (sulfide) groups is 1. The Hall–Kier alpha value is -1.24. The van der Waals surface area contributed by atoms with Crippen molar-refractivity contribution in [2.24, 2.45) is 0 Å². The highest BCUT2D eigenvalue weighted by Gasteiger charge is 2.27. The highest BCUT2D eigenvalue weighted by atomic mass is 32.2. The number of carbonyl (C=O) groups excluding carboxylic acids is 1. The Morgan fingerprint density at radius 2 is 2.33 bits per heavy atom. The van der Waals surface area contributed by atoms with Crippen LogP contribution in [-0.4, -0.2) is 54.2 Å². The summed E-state index contributed by atoms with van der Waals surface area (Å²) in [5, 5.41) is 12.3. The molecule has 0 aromatic heterocycles. The van der Waals surface area contributed by atoms with E-state index in [1.807, 2.05) is 24.3 Å². The average Bonchev–Trinajstić information content (AvgIpc) is 2.54. The molecular formula is C15H22N2O3S. The predicted octanol–water partition coefficient (Wildman–Crippen LogP) is 2.41. The van der Waals surface area contributed by atoms with Gasteiger partial charge in [-0.25, -0.2) is 4.79 Å². The number of para-hydroxylation sites is 1. The molecule has 2 amide bonds. The van der Waals surface area contributed by atoms with E-state index in [4.69, 9.17) is 4.74 Å². The molecule has 1 heterocycles. The minimum atomic E-state index is -0.269. The van der Waals surface area contributed by atoms with Crippen molar-refractivity contribution in [3.05, 3.63) is 24.3 Å². The second-order valence-corrected chi connectivity index (χ2v) is 6.02. The second-order valence-electron chi connectivity index (χ2n) is 4.88. The van der Waals surface area contributed by atoms with Crippen molar-refractivity contribution in [3.63, 3.8) is 0 Å². The Balaban J connectivity index is 2.04. The van der Waals surface area contributed by atoms with Crippen LogP contribution in [0.15, 0.2) is 29.2 Å². The molecule has 2 rings (SSSR count). The number of ether oxygens (including phenoxy) is 1. The van der Waals surface area contributed by atoms with Gasteiger partial charge >= 0.3 is 6.03 Å². The van der Waals surface area contributed by atoms with Crippen LogP contribution < -0.4 is 5.32 Å². The third-order valence-electron chi connectivity index (χ3n) is 3.29. The van der Waals surface area contributed by atoms with Gasteiger partial charge in [0.15, 0.2) is 0 Å². The molecule has 6 heteroatoms. The van der Waals surface area contributed by atoms with Gasteiger partial charge in [0.2, 0.25) is 0 Å². The molecule has 21 heavy (non-hydrogen) atoms. The average molecular weight is 310 g/mol. The summed E-state index contributed by atoms with van der Waals surface area (Å²) in [5.74, 6) is 1.02. The SMILES string of the molecule is CCCSc1ccccc1NC(=O)N1CCOCC1CO. The van der Waals surface area contributed by atoms with Crippen LogP contribution >= 0.6 is 11.8 Å². The van der Waals surface area contributed by atoms with Gasteiger partial charge in [0.05, 0.1) is 31.5 Å². The molecule has 0 radical (unpaired) electrons. The summed E-state index contributed by atoms with van der Waals surface area (Å²) in [4.78, 5) is 15.1. The van der Waals surface area contributed by atoms with E-state index in [2.05, 4.69) is 12.2 Å². The van der Waals surface area contributed by atoms with Crippen molar-refractivity contribution in [2.45, 2.75) is 24.3 Å². The number of anilines is 1. The molecule has 1 aliphatic heterocycles. The zero-order chi connectivity index (χ0) is 15.1. The van der Waals surface area contributed by atoms with Crippen LogP contribution in [0.3, 0.4) is 0 Å². The van der Waals surface area contributed by atoms with E-state index in [-0.39, 0.29) is 18.7 Å². The molecule has 0 saturated carbocycles. The number of carbonyl (C=O) groups is 1. The maximum atomic E-state index is 12.4. The number of hydrogen-bond acceptors (Lipinski definition) is 4. The topological polar surface area (TPSA) is 61.8 Å². The van der Waals surface area contributed by atoms with E-state index in [1.165, 1.54) is 0 Å². The summed E-state index contributed by atoms with van der Waals surface area (Å²) < 4.78 is 5.29. The minimum absolute atomic E-state index is 0.0837. The lowest BCUT2D eigenvalue weighted by molar-refractivity contribution is -0.00485. The first kappa shape index (κ1) is 16.1. The molecule has 1 fully saturated rings. The van der Waals surface area contributed by atoms with Crippen LogP contribution in [0.1, 0.15) is 13.3 Å². The molecule has 2 N–H and O–H groups in total. The van der Waals surface area contributed by atoms with Crippen LogP contribution in [0, 0.1) is 0 Å². The number of nitrogens with one attached hydrogen (secondary N) is 1. The van der Waals surface area contributed by atoms with Gasteiger partial charge in [-0.15, -0.1) is 11.8 Å². The van der Waals surface area contributed by atoms with Crippen molar-refractivity contribution in [3.8, 4) is 0 Å². The Kier molecular flexibility index (Phi) is 6.35. The molecule has 1 aromatic carbocycles. The van der Waals surface area contributed by atoms with E-state index in [0.29, 0.717) is 19.8 Å². The molecule has 1 atom stereocenters. The number of benzene rings is 1. The molecule has 116 valence electrons. The number of morpholine rings is 1. The summed E-state index contributed by atoms with van der Waals surface area (Å²) in [7, 11) is 0. The number of nitrogens with zero attached hydrogens (tertiary/aromatic N) is 1. The fourth-order valence-corrected chi connectivity index (χ4v) is 3.04. The van der Waals surface area contributed by atoms with Gasteiger partial charge in [-0.2, -0.15) is 0 Å². The van der Waals surface area contributed by atoms with Gasteiger partial charge in [-0.3, -0.25) is 0 Å². The highest BCUT2D eigenvalue weighted by molar-refractivity contribution is 7.99. The maximum Gasteiger partial charge on any atom is 0.322 e. The smallest absolute Gasteiger partial charge is 0.322 e. The molecule has 0 spiro atoms. The van der Waals surface area contributed by atoms with E-state index in [9.17, 15) is 9.90 Å². The summed E-state index contributed by atoms with van der Waals surface area (Å²) in [5.41, 5.74) is 0.823. The normalized spacial score (nSPS) is 18.6. The molecule has 0 aliphatic carbocycles. The number of aliphatic hydroxyl groups excluding tert-OH is 1. The van der Waals surface area contributed by atoms with Crippen molar-refractivity contribution in [1.82, 2.24) is 4.90 Å². The summed E-state index contributed by atoms with van der Waals surface area (Å²) in [6.07, 6.45) is 1.09. The van der Waals surface area contributed by atoms with E-state index in [1.54, 1.807) is 16.7 Å². The van der Waals surface area contributed by atoms with Crippen LogP contribution in [0.4, 0.5) is 10.5 Å². The van der Waals surface area contributed by atoms with Gasteiger partial charge in [-0.1, -0.05) is 19.1 Å². The number of hydrogen-bond donors (Lipinski definition) is 2. The lowest BCUT2D eigenvalue weighted by Crippen LogP contribution is -2.52. The number of aliphatic hydroxyl groups is 1. The number of amides is 2. The largest absolute Gasteiger partial charge is 0.394 e. The monoisotopic (exact) mass is 310 g/mol. The molecule has 1 aromatic rings. The van der Waals surface area contributed by atoms with Gasteiger partial charge in [0.1, 0.15) is 0 Å². The molecule has 1 aliphatic rings. The first-order chi connectivity index (χ1) is 10.3. The molecule has 0 bridgehead atoms. The minimum Gasteiger partial charge on any atom is -0.394 e. The van der Waals surface area contributed by atoms with E-state index < -0.39 is 0 Å². The first-order valence-corrected chi connectivity index (χ1v) is 8.23. The Bertz CT molecular complexity index is 470. The summed E-state index contributed by atoms with van der Waals surface area (Å²) >= 11 is 1.73. The number of rotatable bonds is 5. The van der Waals surface area contributed by atoms with Crippen molar-refractivity contribution in [2.75, 3.05) is 37.4 Å². The van der Waals surface area contributed by atoms with Crippen molar-refractivity contribution < 1.29 is 14.6 Å². The summed E-state index contributed by atoms with van der Waals surface area (Å²) in [6, 6.07) is 7.35.